The first-order valence-electron chi connectivity index (χ1n) is 13.0. The van der Waals surface area contributed by atoms with Crippen LogP contribution in [-0.2, 0) is 19.8 Å². The molecule has 7 rings (SSSR count). The molecule has 1 aliphatic heterocycles. The van der Waals surface area contributed by atoms with Crippen LogP contribution in [0.25, 0.3) is 0 Å². The van der Waals surface area contributed by atoms with Crippen molar-refractivity contribution in [3.63, 3.8) is 0 Å². The summed E-state index contributed by atoms with van der Waals surface area (Å²) in [6.45, 7) is 6.39. The summed E-state index contributed by atoms with van der Waals surface area (Å²) < 4.78 is 5.95. The quantitative estimate of drug-likeness (QED) is 0.435. The van der Waals surface area contributed by atoms with Gasteiger partial charge in [0.15, 0.2) is 0 Å². The molecule has 1 saturated heterocycles. The number of hydrogen-bond donors (Lipinski definition) is 1. The SMILES string of the molecule is CCC(C)(C)c1ccc(Oc2ccc(NC(=O)CN3C(=O)[C@@H]4[C@@H]5C=C[C@H]([C@H]6C[C@@H]56)[C@@H]4C3=O)cc2)cc1. The fourth-order valence-corrected chi connectivity index (χ4v) is 6.44. The molecule has 0 aromatic heterocycles. The highest BCUT2D eigenvalue weighted by molar-refractivity contribution is 6.09. The smallest absolute Gasteiger partial charge is 0.244 e. The van der Waals surface area contributed by atoms with Gasteiger partial charge < -0.3 is 10.1 Å². The third-order valence-electron chi connectivity index (χ3n) is 8.95. The number of carbonyl (C=O) groups is 3. The van der Waals surface area contributed by atoms with E-state index in [1.54, 1.807) is 24.3 Å². The van der Waals surface area contributed by atoms with E-state index in [4.69, 9.17) is 4.74 Å². The van der Waals surface area contributed by atoms with Crippen molar-refractivity contribution in [1.82, 2.24) is 4.90 Å². The van der Waals surface area contributed by atoms with Crippen LogP contribution >= 0.6 is 0 Å². The Balaban J connectivity index is 1.06. The Morgan fingerprint density at radius 2 is 1.44 bits per heavy atom. The summed E-state index contributed by atoms with van der Waals surface area (Å²) in [4.78, 5) is 40.1. The van der Waals surface area contributed by atoms with E-state index in [9.17, 15) is 14.4 Å². The lowest BCUT2D eigenvalue weighted by atomic mass is 9.63. The van der Waals surface area contributed by atoms with Gasteiger partial charge in [-0.1, -0.05) is 45.1 Å². The van der Waals surface area contributed by atoms with Crippen LogP contribution in [-0.4, -0.2) is 29.2 Å². The number of nitrogens with one attached hydrogen (secondary N) is 1. The first-order chi connectivity index (χ1) is 17.3. The van der Waals surface area contributed by atoms with Gasteiger partial charge in [0.2, 0.25) is 17.7 Å². The summed E-state index contributed by atoms with van der Waals surface area (Å²) >= 11 is 0. The molecule has 186 valence electrons. The van der Waals surface area contributed by atoms with Crippen molar-refractivity contribution in [1.29, 1.82) is 0 Å². The van der Waals surface area contributed by atoms with Crippen LogP contribution in [0.4, 0.5) is 5.69 Å². The zero-order valence-electron chi connectivity index (χ0n) is 20.9. The Hall–Kier alpha value is -3.41. The Bertz CT molecular complexity index is 1210. The molecule has 6 heteroatoms. The minimum Gasteiger partial charge on any atom is -0.457 e. The van der Waals surface area contributed by atoms with Crippen LogP contribution in [0.5, 0.6) is 11.5 Å². The molecule has 6 nitrogen and oxygen atoms in total. The Labute approximate surface area is 211 Å². The maximum Gasteiger partial charge on any atom is 0.244 e. The summed E-state index contributed by atoms with van der Waals surface area (Å²) in [7, 11) is 0. The Morgan fingerprint density at radius 1 is 0.917 bits per heavy atom. The van der Waals surface area contributed by atoms with E-state index >= 15 is 0 Å². The summed E-state index contributed by atoms with van der Waals surface area (Å²) in [5.74, 6) is 1.55. The number of carbonyl (C=O) groups excluding carboxylic acids is 3. The van der Waals surface area contributed by atoms with Crippen LogP contribution in [0.3, 0.4) is 0 Å². The van der Waals surface area contributed by atoms with Crippen molar-refractivity contribution < 1.29 is 19.1 Å². The van der Waals surface area contributed by atoms with Crippen molar-refractivity contribution in [2.24, 2.45) is 35.5 Å². The van der Waals surface area contributed by atoms with Crippen LogP contribution in [0.2, 0.25) is 0 Å². The fourth-order valence-electron chi connectivity index (χ4n) is 6.44. The topological polar surface area (TPSA) is 75.7 Å². The third-order valence-corrected chi connectivity index (χ3v) is 8.95. The number of amides is 3. The molecule has 1 N–H and O–H groups in total. The lowest BCUT2D eigenvalue weighted by Crippen LogP contribution is -2.40. The molecule has 0 radical (unpaired) electrons. The van der Waals surface area contributed by atoms with Gasteiger partial charge in [-0.25, -0.2) is 0 Å². The number of benzene rings is 2. The zero-order chi connectivity index (χ0) is 25.2. The molecule has 2 aromatic rings. The molecule has 36 heavy (non-hydrogen) atoms. The largest absolute Gasteiger partial charge is 0.457 e. The molecule has 5 aliphatic rings. The van der Waals surface area contributed by atoms with Crippen molar-refractivity contribution >= 4 is 23.4 Å². The van der Waals surface area contributed by atoms with E-state index in [0.29, 0.717) is 23.3 Å². The van der Waals surface area contributed by atoms with Gasteiger partial charge in [0.25, 0.3) is 0 Å². The van der Waals surface area contributed by atoms with Gasteiger partial charge in [-0.2, -0.15) is 0 Å². The van der Waals surface area contributed by atoms with Crippen molar-refractivity contribution in [3.8, 4) is 11.5 Å². The average Bonchev–Trinajstić information content (AvgIpc) is 3.66. The van der Waals surface area contributed by atoms with Gasteiger partial charge in [-0.05, 0) is 83.9 Å². The first kappa shape index (κ1) is 23.0. The molecule has 6 atom stereocenters. The second-order valence-corrected chi connectivity index (χ2v) is 11.4. The maximum atomic E-state index is 13.1. The second kappa shape index (κ2) is 8.32. The second-order valence-electron chi connectivity index (χ2n) is 11.4. The third kappa shape index (κ3) is 3.74. The van der Waals surface area contributed by atoms with E-state index in [0.717, 1.165) is 18.6 Å². The minimum absolute atomic E-state index is 0.123. The zero-order valence-corrected chi connectivity index (χ0v) is 20.9. The molecule has 4 aliphatic carbocycles. The summed E-state index contributed by atoms with van der Waals surface area (Å²) in [6.07, 6.45) is 6.46. The number of ether oxygens (including phenoxy) is 1. The number of rotatable bonds is 7. The highest BCUT2D eigenvalue weighted by Crippen LogP contribution is 2.65. The summed E-state index contributed by atoms with van der Waals surface area (Å²) in [5, 5.41) is 2.81. The molecule has 2 aromatic carbocycles. The van der Waals surface area contributed by atoms with Gasteiger partial charge in [0.1, 0.15) is 18.0 Å². The monoisotopic (exact) mass is 484 g/mol. The number of nitrogens with zero attached hydrogens (tertiary/aromatic N) is 1. The molecule has 3 amide bonds. The predicted octanol–water partition coefficient (Wildman–Crippen LogP) is 5.16. The van der Waals surface area contributed by atoms with Gasteiger partial charge in [-0.3, -0.25) is 19.3 Å². The molecular weight excluding hydrogens is 452 g/mol. The Kier molecular flexibility index (Phi) is 5.32. The number of hydrogen-bond acceptors (Lipinski definition) is 4. The standard InChI is InChI=1S/C30H32N2O4/c1-4-30(2,3)17-5-9-19(10-6-17)36-20-11-7-18(8-12-20)31-25(33)16-32-28(34)26-21-13-14-22(24-15-23(21)24)27(26)29(32)35/h5-14,21-24,26-27H,4,15-16H2,1-3H3,(H,31,33)/t21-,22-,23-,24+,26+,27-/m1/s1. The number of anilines is 1. The average molecular weight is 485 g/mol. The van der Waals surface area contributed by atoms with Gasteiger partial charge in [0, 0.05) is 5.69 Å². The fraction of sp³-hybridized carbons (Fsp3) is 0.433. The highest BCUT2D eigenvalue weighted by Gasteiger charge is 2.67. The van der Waals surface area contributed by atoms with Crippen molar-refractivity contribution in [3.05, 3.63) is 66.2 Å². The van der Waals surface area contributed by atoms with Crippen molar-refractivity contribution in [2.75, 3.05) is 11.9 Å². The number of allylic oxidation sites excluding steroid dienone is 2. The summed E-state index contributed by atoms with van der Waals surface area (Å²) in [5.41, 5.74) is 1.98. The molecule has 2 saturated carbocycles. The maximum absolute atomic E-state index is 13.1. The van der Waals surface area contributed by atoms with E-state index in [-0.39, 0.29) is 53.4 Å². The minimum atomic E-state index is -0.372. The van der Waals surface area contributed by atoms with Gasteiger partial charge >= 0.3 is 0 Å². The summed E-state index contributed by atoms with van der Waals surface area (Å²) in [6, 6.07) is 15.2. The first-order valence-corrected chi connectivity index (χ1v) is 13.0. The molecule has 1 heterocycles. The molecular formula is C30H32N2O4. The van der Waals surface area contributed by atoms with Gasteiger partial charge in [0.05, 0.1) is 11.8 Å². The van der Waals surface area contributed by atoms with Crippen LogP contribution in [0.1, 0.15) is 39.2 Å². The van der Waals surface area contributed by atoms with Crippen LogP contribution < -0.4 is 10.1 Å². The molecule has 3 fully saturated rings. The van der Waals surface area contributed by atoms with E-state index in [1.165, 1.54) is 10.5 Å². The highest BCUT2D eigenvalue weighted by atomic mass is 16.5. The molecule has 2 bridgehead atoms. The Morgan fingerprint density at radius 3 is 1.97 bits per heavy atom. The van der Waals surface area contributed by atoms with Gasteiger partial charge in [-0.15, -0.1) is 0 Å². The normalized spacial score (nSPS) is 29.7. The van der Waals surface area contributed by atoms with E-state index in [1.807, 2.05) is 12.1 Å². The van der Waals surface area contributed by atoms with Crippen LogP contribution in [0.15, 0.2) is 60.7 Å². The van der Waals surface area contributed by atoms with E-state index < -0.39 is 0 Å². The molecule has 0 spiro atoms. The lowest BCUT2D eigenvalue weighted by Gasteiger charge is -2.37. The number of imide groups is 1. The van der Waals surface area contributed by atoms with E-state index in [2.05, 4.69) is 50.4 Å². The molecule has 0 unspecified atom stereocenters. The number of likely N-dealkylation sites (tertiary alicyclic amines) is 1. The van der Waals surface area contributed by atoms with Crippen molar-refractivity contribution in [2.45, 2.75) is 39.0 Å². The lowest BCUT2D eigenvalue weighted by molar-refractivity contribution is -0.142. The van der Waals surface area contributed by atoms with Crippen LogP contribution in [0, 0.1) is 35.5 Å². The predicted molar refractivity (Wildman–Crippen MR) is 136 cm³/mol.